The fraction of sp³-hybridized carbons (Fsp3) is 0.300. The molecule has 2 atom stereocenters. The van der Waals surface area contributed by atoms with Crippen LogP contribution in [0, 0.1) is 23.5 Å². The molecule has 0 radical (unpaired) electrons. The smallest absolute Gasteiger partial charge is 0.256 e. The number of fused-ring (bicyclic) bond motifs is 3. The highest BCUT2D eigenvalue weighted by atomic mass is 19.1. The molecule has 2 unspecified atom stereocenters. The number of H-pyrrole nitrogens is 1. The van der Waals surface area contributed by atoms with Gasteiger partial charge in [0, 0.05) is 23.5 Å². The molecule has 0 aliphatic heterocycles. The number of pyridine rings is 1. The van der Waals surface area contributed by atoms with Crippen LogP contribution in [-0.2, 0) is 12.8 Å². The second kappa shape index (κ2) is 5.90. The van der Waals surface area contributed by atoms with Gasteiger partial charge in [0.1, 0.15) is 17.3 Å². The highest BCUT2D eigenvalue weighted by Crippen LogP contribution is 2.30. The van der Waals surface area contributed by atoms with Crippen molar-refractivity contribution < 1.29 is 13.6 Å². The molecule has 0 bridgehead atoms. The lowest BCUT2D eigenvalue weighted by Gasteiger charge is -2.25. The monoisotopic (exact) mass is 356 g/mol. The number of rotatable bonds is 2. The molecule has 134 valence electrons. The Bertz CT molecular complexity index is 1100. The highest BCUT2D eigenvalue weighted by molar-refractivity contribution is 6.12. The first kappa shape index (κ1) is 16.7. The summed E-state index contributed by atoms with van der Waals surface area (Å²) in [5.41, 5.74) is 1.94. The Kier molecular flexibility index (Phi) is 3.79. The van der Waals surface area contributed by atoms with Gasteiger partial charge in [-0.2, -0.15) is 0 Å². The van der Waals surface area contributed by atoms with E-state index in [2.05, 4.69) is 18.8 Å². The topological polar surface area (TPSA) is 54.3 Å². The molecule has 3 aromatic rings. The normalized spacial score (nSPS) is 19.5. The van der Waals surface area contributed by atoms with Gasteiger partial charge in [0.05, 0.1) is 11.1 Å². The summed E-state index contributed by atoms with van der Waals surface area (Å²) in [6.45, 7) is 4.29. The maximum Gasteiger partial charge on any atom is 0.256 e. The number of nitrogens with one attached hydrogen (secondary N) is 1. The first-order valence-corrected chi connectivity index (χ1v) is 8.62. The predicted octanol–water partition coefficient (Wildman–Crippen LogP) is 3.51. The first-order chi connectivity index (χ1) is 12.4. The number of nitrogens with zero attached hydrogens (tertiary/aromatic N) is 1. The van der Waals surface area contributed by atoms with Crippen molar-refractivity contribution >= 4 is 11.4 Å². The standard InChI is InChI=1S/C20H18F2N2O2/c1-10-7-16-17(8-11(10)2)24-18(25)6-5-14(20(24)23-16)19(26)13-4-3-12(21)9-15(13)22/h3-6,9-11,23H,7-8H2,1-2H3. The number of aromatic amines is 1. The Balaban J connectivity index is 1.92. The molecule has 2 heterocycles. The van der Waals surface area contributed by atoms with Crippen molar-refractivity contribution in [3.63, 3.8) is 0 Å². The van der Waals surface area contributed by atoms with E-state index in [-0.39, 0.29) is 16.7 Å². The van der Waals surface area contributed by atoms with Crippen molar-refractivity contribution in [3.05, 3.63) is 74.8 Å². The Morgan fingerprint density at radius 3 is 2.50 bits per heavy atom. The number of imidazole rings is 1. The molecule has 1 aliphatic rings. The van der Waals surface area contributed by atoms with E-state index in [0.29, 0.717) is 23.5 Å². The average Bonchev–Trinajstić information content (AvgIpc) is 2.94. The van der Waals surface area contributed by atoms with Crippen molar-refractivity contribution in [2.75, 3.05) is 0 Å². The van der Waals surface area contributed by atoms with Crippen LogP contribution in [0.4, 0.5) is 8.78 Å². The van der Waals surface area contributed by atoms with Gasteiger partial charge in [0.15, 0.2) is 5.78 Å². The number of benzene rings is 1. The molecule has 1 N–H and O–H groups in total. The zero-order valence-electron chi connectivity index (χ0n) is 14.5. The van der Waals surface area contributed by atoms with Gasteiger partial charge in [-0.1, -0.05) is 13.8 Å². The lowest BCUT2D eigenvalue weighted by atomic mass is 9.82. The third kappa shape index (κ3) is 2.48. The summed E-state index contributed by atoms with van der Waals surface area (Å²) >= 11 is 0. The zero-order valence-corrected chi connectivity index (χ0v) is 14.5. The van der Waals surface area contributed by atoms with Gasteiger partial charge in [-0.25, -0.2) is 8.78 Å². The number of hydrogen-bond acceptors (Lipinski definition) is 2. The summed E-state index contributed by atoms with van der Waals surface area (Å²) in [6, 6.07) is 5.58. The van der Waals surface area contributed by atoms with E-state index in [1.165, 1.54) is 16.5 Å². The number of ketones is 1. The molecule has 0 spiro atoms. The Labute approximate surface area is 148 Å². The van der Waals surface area contributed by atoms with E-state index in [0.717, 1.165) is 36.4 Å². The SMILES string of the molecule is CC1Cc2[nH]c3c(C(=O)c4ccc(F)cc4F)ccc(=O)n3c2CC1C. The van der Waals surface area contributed by atoms with Crippen LogP contribution in [0.2, 0.25) is 0 Å². The third-order valence-corrected chi connectivity index (χ3v) is 5.41. The molecule has 0 amide bonds. The highest BCUT2D eigenvalue weighted by Gasteiger charge is 2.28. The fourth-order valence-electron chi connectivity index (χ4n) is 3.69. The molecule has 0 saturated carbocycles. The first-order valence-electron chi connectivity index (χ1n) is 8.62. The molecule has 6 heteroatoms. The summed E-state index contributed by atoms with van der Waals surface area (Å²) < 4.78 is 28.7. The predicted molar refractivity (Wildman–Crippen MR) is 93.5 cm³/mol. The van der Waals surface area contributed by atoms with Gasteiger partial charge in [-0.15, -0.1) is 0 Å². The van der Waals surface area contributed by atoms with Crippen molar-refractivity contribution in [3.8, 4) is 0 Å². The molecule has 26 heavy (non-hydrogen) atoms. The van der Waals surface area contributed by atoms with Gasteiger partial charge < -0.3 is 4.98 Å². The third-order valence-electron chi connectivity index (χ3n) is 5.41. The van der Waals surface area contributed by atoms with E-state index in [9.17, 15) is 18.4 Å². The van der Waals surface area contributed by atoms with Gasteiger partial charge in [-0.3, -0.25) is 14.0 Å². The van der Waals surface area contributed by atoms with E-state index in [1.807, 2.05) is 0 Å². The number of carbonyl (C=O) groups is 1. The van der Waals surface area contributed by atoms with Crippen LogP contribution in [0.3, 0.4) is 0 Å². The van der Waals surface area contributed by atoms with Crippen LogP contribution in [0.5, 0.6) is 0 Å². The van der Waals surface area contributed by atoms with Crippen LogP contribution >= 0.6 is 0 Å². The van der Waals surface area contributed by atoms with Gasteiger partial charge >= 0.3 is 0 Å². The van der Waals surface area contributed by atoms with Crippen LogP contribution in [0.25, 0.3) is 5.65 Å². The van der Waals surface area contributed by atoms with E-state index >= 15 is 0 Å². The quantitative estimate of drug-likeness (QED) is 0.715. The van der Waals surface area contributed by atoms with Crippen LogP contribution in [0.15, 0.2) is 35.1 Å². The molecule has 4 nitrogen and oxygen atoms in total. The largest absolute Gasteiger partial charge is 0.343 e. The maximum absolute atomic E-state index is 14.1. The molecule has 1 aliphatic carbocycles. The van der Waals surface area contributed by atoms with E-state index < -0.39 is 17.4 Å². The fourth-order valence-corrected chi connectivity index (χ4v) is 3.69. The zero-order chi connectivity index (χ0) is 18.6. The molecule has 2 aromatic heterocycles. The minimum atomic E-state index is -0.919. The van der Waals surface area contributed by atoms with Crippen molar-refractivity contribution in [1.29, 1.82) is 0 Å². The minimum absolute atomic E-state index is 0.199. The number of hydrogen-bond donors (Lipinski definition) is 1. The molecular formula is C20H18F2N2O2. The molecular weight excluding hydrogens is 338 g/mol. The van der Waals surface area contributed by atoms with Gasteiger partial charge in [0.2, 0.25) is 0 Å². The Morgan fingerprint density at radius 2 is 1.77 bits per heavy atom. The van der Waals surface area contributed by atoms with Crippen LogP contribution in [-0.4, -0.2) is 15.2 Å². The van der Waals surface area contributed by atoms with Gasteiger partial charge in [-0.05, 0) is 42.9 Å². The summed E-state index contributed by atoms with van der Waals surface area (Å²) in [5.74, 6) is -1.37. The maximum atomic E-state index is 14.1. The molecule has 0 saturated heterocycles. The Morgan fingerprint density at radius 1 is 1.08 bits per heavy atom. The van der Waals surface area contributed by atoms with Crippen LogP contribution < -0.4 is 5.56 Å². The second-order valence-electron chi connectivity index (χ2n) is 7.14. The molecule has 4 rings (SSSR count). The van der Waals surface area contributed by atoms with Gasteiger partial charge in [0.25, 0.3) is 5.56 Å². The molecule has 0 fully saturated rings. The molecule has 1 aromatic carbocycles. The van der Waals surface area contributed by atoms with Crippen molar-refractivity contribution in [2.45, 2.75) is 26.7 Å². The number of carbonyl (C=O) groups excluding carboxylic acids is 1. The Hall–Kier alpha value is -2.76. The summed E-state index contributed by atoms with van der Waals surface area (Å²) in [6.07, 6.45) is 1.52. The van der Waals surface area contributed by atoms with E-state index in [4.69, 9.17) is 0 Å². The second-order valence-corrected chi connectivity index (χ2v) is 7.14. The van der Waals surface area contributed by atoms with Crippen LogP contribution in [0.1, 0.15) is 41.2 Å². The van der Waals surface area contributed by atoms with Crippen molar-refractivity contribution in [1.82, 2.24) is 9.38 Å². The minimum Gasteiger partial charge on any atom is -0.343 e. The number of aromatic nitrogens is 2. The lowest BCUT2D eigenvalue weighted by molar-refractivity contribution is 0.103. The van der Waals surface area contributed by atoms with E-state index in [1.54, 1.807) is 0 Å². The average molecular weight is 356 g/mol. The summed E-state index contributed by atoms with van der Waals surface area (Å²) in [5, 5.41) is 0. The van der Waals surface area contributed by atoms with Crippen molar-refractivity contribution in [2.24, 2.45) is 11.8 Å². The summed E-state index contributed by atoms with van der Waals surface area (Å²) in [7, 11) is 0. The number of halogens is 2. The summed E-state index contributed by atoms with van der Waals surface area (Å²) in [4.78, 5) is 28.5. The lowest BCUT2D eigenvalue weighted by Crippen LogP contribution is -2.24.